The average molecular weight is 322 g/mol. The first kappa shape index (κ1) is 16.1. The molecule has 24 heavy (non-hydrogen) atoms. The molecule has 0 spiro atoms. The highest BCUT2D eigenvalue weighted by molar-refractivity contribution is 5.80. The molecule has 0 saturated carbocycles. The van der Waals surface area contributed by atoms with Gasteiger partial charge in [0.05, 0.1) is 6.61 Å². The molecule has 0 amide bonds. The van der Waals surface area contributed by atoms with Gasteiger partial charge >= 0.3 is 0 Å². The standard InChI is InChI=1S/C20H22N2O2/c1-4-24-18-5-6-19-15(11-18)10-16(20(23)22-19)12-21-17-8-13(2)7-14(3)9-17/h5-11,21H,4,12H2,1-3H3,(H,22,23). The van der Waals surface area contributed by atoms with E-state index in [2.05, 4.69) is 42.3 Å². The Morgan fingerprint density at radius 2 is 1.79 bits per heavy atom. The molecule has 0 saturated heterocycles. The van der Waals surface area contributed by atoms with Crippen molar-refractivity contribution in [1.82, 2.24) is 4.98 Å². The van der Waals surface area contributed by atoms with Crippen LogP contribution in [0.25, 0.3) is 10.9 Å². The number of anilines is 1. The molecule has 2 aromatic carbocycles. The number of fused-ring (bicyclic) bond motifs is 1. The maximum atomic E-state index is 12.3. The summed E-state index contributed by atoms with van der Waals surface area (Å²) >= 11 is 0. The fraction of sp³-hybridized carbons (Fsp3) is 0.250. The number of aromatic amines is 1. The van der Waals surface area contributed by atoms with E-state index in [1.807, 2.05) is 31.2 Å². The van der Waals surface area contributed by atoms with E-state index in [1.54, 1.807) is 0 Å². The van der Waals surface area contributed by atoms with Gasteiger partial charge in [0.25, 0.3) is 5.56 Å². The zero-order valence-electron chi connectivity index (χ0n) is 14.3. The molecule has 0 unspecified atom stereocenters. The van der Waals surface area contributed by atoms with Crippen LogP contribution in [0.4, 0.5) is 5.69 Å². The SMILES string of the molecule is CCOc1ccc2[nH]c(=O)c(CNc3cc(C)cc(C)c3)cc2c1. The van der Waals surface area contributed by atoms with Crippen LogP contribution >= 0.6 is 0 Å². The molecule has 3 aromatic rings. The highest BCUT2D eigenvalue weighted by Crippen LogP contribution is 2.20. The molecule has 124 valence electrons. The van der Waals surface area contributed by atoms with Crippen molar-refractivity contribution in [3.05, 3.63) is 69.5 Å². The Labute approximate surface area is 141 Å². The van der Waals surface area contributed by atoms with Crippen LogP contribution in [0.2, 0.25) is 0 Å². The van der Waals surface area contributed by atoms with Gasteiger partial charge in [-0.05, 0) is 68.3 Å². The fourth-order valence-corrected chi connectivity index (χ4v) is 2.89. The lowest BCUT2D eigenvalue weighted by Crippen LogP contribution is -2.15. The largest absolute Gasteiger partial charge is 0.494 e. The molecule has 0 aliphatic rings. The summed E-state index contributed by atoms with van der Waals surface area (Å²) in [6, 6.07) is 13.9. The number of benzene rings is 2. The first-order valence-corrected chi connectivity index (χ1v) is 8.16. The number of rotatable bonds is 5. The zero-order valence-corrected chi connectivity index (χ0v) is 14.3. The van der Waals surface area contributed by atoms with E-state index in [0.29, 0.717) is 18.7 Å². The van der Waals surface area contributed by atoms with Gasteiger partial charge in [-0.25, -0.2) is 0 Å². The van der Waals surface area contributed by atoms with Gasteiger partial charge < -0.3 is 15.0 Å². The number of aromatic nitrogens is 1. The van der Waals surface area contributed by atoms with Gasteiger partial charge in [0.1, 0.15) is 5.75 Å². The smallest absolute Gasteiger partial charge is 0.253 e. The monoisotopic (exact) mass is 322 g/mol. The second-order valence-electron chi connectivity index (χ2n) is 6.04. The summed E-state index contributed by atoms with van der Waals surface area (Å²) in [7, 11) is 0. The third kappa shape index (κ3) is 3.59. The van der Waals surface area contributed by atoms with Crippen LogP contribution in [0, 0.1) is 13.8 Å². The Balaban J connectivity index is 1.87. The molecule has 0 radical (unpaired) electrons. The van der Waals surface area contributed by atoms with Crippen molar-refractivity contribution < 1.29 is 4.74 Å². The second-order valence-corrected chi connectivity index (χ2v) is 6.04. The van der Waals surface area contributed by atoms with Gasteiger partial charge in [0.15, 0.2) is 0 Å². The van der Waals surface area contributed by atoms with Gasteiger partial charge in [-0.15, -0.1) is 0 Å². The summed E-state index contributed by atoms with van der Waals surface area (Å²) < 4.78 is 5.53. The quantitative estimate of drug-likeness (QED) is 0.742. The van der Waals surface area contributed by atoms with E-state index in [4.69, 9.17) is 4.74 Å². The average Bonchev–Trinajstić information content (AvgIpc) is 2.52. The van der Waals surface area contributed by atoms with Gasteiger partial charge in [0, 0.05) is 28.7 Å². The Bertz CT molecular complexity index is 908. The molecule has 0 aliphatic heterocycles. The molecular formula is C20H22N2O2. The Morgan fingerprint density at radius 3 is 2.50 bits per heavy atom. The van der Waals surface area contributed by atoms with E-state index in [9.17, 15) is 4.79 Å². The minimum atomic E-state index is -0.0662. The predicted octanol–water partition coefficient (Wildman–Crippen LogP) is 4.16. The number of ether oxygens (including phenoxy) is 1. The normalized spacial score (nSPS) is 10.8. The molecular weight excluding hydrogens is 300 g/mol. The van der Waals surface area contributed by atoms with Gasteiger partial charge in [-0.3, -0.25) is 4.79 Å². The van der Waals surface area contributed by atoms with Crippen molar-refractivity contribution in [3.8, 4) is 5.75 Å². The molecule has 0 aliphatic carbocycles. The number of hydrogen-bond acceptors (Lipinski definition) is 3. The maximum absolute atomic E-state index is 12.3. The first-order chi connectivity index (χ1) is 11.5. The van der Waals surface area contributed by atoms with Crippen molar-refractivity contribution in [2.24, 2.45) is 0 Å². The molecule has 4 nitrogen and oxygen atoms in total. The lowest BCUT2D eigenvalue weighted by molar-refractivity contribution is 0.340. The van der Waals surface area contributed by atoms with Crippen LogP contribution in [0.15, 0.2) is 47.3 Å². The van der Waals surface area contributed by atoms with Crippen molar-refractivity contribution in [3.63, 3.8) is 0 Å². The molecule has 0 atom stereocenters. The van der Waals surface area contributed by atoms with Crippen molar-refractivity contribution in [2.75, 3.05) is 11.9 Å². The molecule has 0 fully saturated rings. The number of nitrogens with one attached hydrogen (secondary N) is 2. The maximum Gasteiger partial charge on any atom is 0.253 e. The van der Waals surface area contributed by atoms with Crippen LogP contribution in [0.3, 0.4) is 0 Å². The summed E-state index contributed by atoms with van der Waals surface area (Å²) in [6.45, 7) is 7.19. The van der Waals surface area contributed by atoms with Crippen molar-refractivity contribution in [1.29, 1.82) is 0 Å². The van der Waals surface area contributed by atoms with E-state index < -0.39 is 0 Å². The van der Waals surface area contributed by atoms with Crippen molar-refractivity contribution >= 4 is 16.6 Å². The molecule has 3 rings (SSSR count). The molecule has 1 aromatic heterocycles. The zero-order chi connectivity index (χ0) is 17.1. The van der Waals surface area contributed by atoms with E-state index in [1.165, 1.54) is 11.1 Å². The van der Waals surface area contributed by atoms with Gasteiger partial charge in [-0.1, -0.05) is 6.07 Å². The Kier molecular flexibility index (Phi) is 4.56. The number of H-pyrrole nitrogens is 1. The minimum Gasteiger partial charge on any atom is -0.494 e. The Morgan fingerprint density at radius 1 is 1.04 bits per heavy atom. The fourth-order valence-electron chi connectivity index (χ4n) is 2.89. The highest BCUT2D eigenvalue weighted by Gasteiger charge is 2.05. The summed E-state index contributed by atoms with van der Waals surface area (Å²) in [5, 5.41) is 4.31. The third-order valence-electron chi connectivity index (χ3n) is 3.91. The minimum absolute atomic E-state index is 0.0662. The number of hydrogen-bond donors (Lipinski definition) is 2. The van der Waals surface area contributed by atoms with Crippen LogP contribution in [0.1, 0.15) is 23.6 Å². The van der Waals surface area contributed by atoms with Crippen LogP contribution in [0.5, 0.6) is 5.75 Å². The first-order valence-electron chi connectivity index (χ1n) is 8.16. The van der Waals surface area contributed by atoms with Crippen LogP contribution in [-0.2, 0) is 6.54 Å². The van der Waals surface area contributed by atoms with E-state index >= 15 is 0 Å². The van der Waals surface area contributed by atoms with Gasteiger partial charge in [0.2, 0.25) is 0 Å². The van der Waals surface area contributed by atoms with Gasteiger partial charge in [-0.2, -0.15) is 0 Å². The summed E-state index contributed by atoms with van der Waals surface area (Å²) in [5.74, 6) is 0.810. The Hall–Kier alpha value is -2.75. The third-order valence-corrected chi connectivity index (χ3v) is 3.91. The predicted molar refractivity (Wildman–Crippen MR) is 99.0 cm³/mol. The molecule has 4 heteroatoms. The molecule has 0 bridgehead atoms. The van der Waals surface area contributed by atoms with Crippen molar-refractivity contribution in [2.45, 2.75) is 27.3 Å². The molecule has 2 N–H and O–H groups in total. The van der Waals surface area contributed by atoms with E-state index in [-0.39, 0.29) is 5.56 Å². The number of aryl methyl sites for hydroxylation is 2. The molecule has 1 heterocycles. The lowest BCUT2D eigenvalue weighted by atomic mass is 10.1. The van der Waals surface area contributed by atoms with E-state index in [0.717, 1.165) is 22.3 Å². The lowest BCUT2D eigenvalue weighted by Gasteiger charge is -2.10. The topological polar surface area (TPSA) is 54.1 Å². The summed E-state index contributed by atoms with van der Waals surface area (Å²) in [5.41, 5.74) is 4.88. The van der Waals surface area contributed by atoms with Crippen LogP contribution < -0.4 is 15.6 Å². The van der Waals surface area contributed by atoms with Crippen LogP contribution in [-0.4, -0.2) is 11.6 Å². The number of pyridine rings is 1. The summed E-state index contributed by atoms with van der Waals surface area (Å²) in [4.78, 5) is 15.2. The highest BCUT2D eigenvalue weighted by atomic mass is 16.5. The second kappa shape index (κ2) is 6.79. The summed E-state index contributed by atoms with van der Waals surface area (Å²) in [6.07, 6.45) is 0.